The van der Waals surface area contributed by atoms with Crippen LogP contribution in [0.15, 0.2) is 109 Å². The van der Waals surface area contributed by atoms with E-state index >= 15 is 0 Å². The Balaban J connectivity index is 1.38. The van der Waals surface area contributed by atoms with Crippen LogP contribution in [0.3, 0.4) is 0 Å². The Bertz CT molecular complexity index is 1430. The average molecular weight is 477 g/mol. The van der Waals surface area contributed by atoms with Gasteiger partial charge in [0.05, 0.1) is 12.3 Å². The highest BCUT2D eigenvalue weighted by Gasteiger charge is 2.19. The van der Waals surface area contributed by atoms with Gasteiger partial charge in [-0.05, 0) is 67.6 Å². The van der Waals surface area contributed by atoms with Crippen LogP contribution in [0.25, 0.3) is 17.1 Å². The number of anilines is 1. The second-order valence-electron chi connectivity index (χ2n) is 7.86. The summed E-state index contributed by atoms with van der Waals surface area (Å²) in [4.78, 5) is 17.6. The molecule has 7 nitrogen and oxygen atoms in total. The zero-order chi connectivity index (χ0) is 24.7. The van der Waals surface area contributed by atoms with E-state index < -0.39 is 5.91 Å². The van der Waals surface area contributed by atoms with Gasteiger partial charge < -0.3 is 14.8 Å². The molecule has 1 aromatic heterocycles. The smallest absolute Gasteiger partial charge is 0.295 e. The lowest BCUT2D eigenvalue weighted by Gasteiger charge is -2.08. The number of benzene rings is 4. The SMILES string of the molecule is CCOc1ccc(-n2nc(C(=O)Nc3ccc(Oc4ccccc4)cc3)nc2-c2ccccc2)cc1. The maximum atomic E-state index is 13.1. The summed E-state index contributed by atoms with van der Waals surface area (Å²) in [6, 6.07) is 33.8. The first-order valence-electron chi connectivity index (χ1n) is 11.6. The standard InChI is InChI=1S/C29H24N4O3/c1-2-35-24-19-15-23(16-20-24)33-28(21-9-5-3-6-10-21)31-27(32-33)29(34)30-22-13-17-26(18-14-22)36-25-11-7-4-8-12-25/h3-20H,2H2,1H3,(H,30,34). The molecule has 0 saturated heterocycles. The number of aromatic nitrogens is 3. The van der Waals surface area contributed by atoms with E-state index in [-0.39, 0.29) is 5.82 Å². The fraction of sp³-hybridized carbons (Fsp3) is 0.0690. The Kier molecular flexibility index (Phi) is 6.71. The highest BCUT2D eigenvalue weighted by molar-refractivity contribution is 6.01. The van der Waals surface area contributed by atoms with Crippen molar-refractivity contribution in [3.8, 4) is 34.3 Å². The van der Waals surface area contributed by atoms with Gasteiger partial charge in [0.2, 0.25) is 5.82 Å². The Morgan fingerprint density at radius 1 is 0.778 bits per heavy atom. The van der Waals surface area contributed by atoms with Crippen LogP contribution >= 0.6 is 0 Å². The maximum Gasteiger partial charge on any atom is 0.295 e. The molecule has 5 rings (SSSR count). The predicted molar refractivity (Wildman–Crippen MR) is 139 cm³/mol. The molecule has 0 fully saturated rings. The van der Waals surface area contributed by atoms with E-state index in [9.17, 15) is 4.79 Å². The van der Waals surface area contributed by atoms with Gasteiger partial charge >= 0.3 is 0 Å². The molecule has 1 heterocycles. The normalized spacial score (nSPS) is 10.6. The van der Waals surface area contributed by atoms with E-state index in [2.05, 4.69) is 15.4 Å². The molecule has 0 spiro atoms. The Labute approximate surface area is 209 Å². The Morgan fingerprint density at radius 3 is 2.06 bits per heavy atom. The summed E-state index contributed by atoms with van der Waals surface area (Å²) in [5.41, 5.74) is 2.23. The molecule has 36 heavy (non-hydrogen) atoms. The number of carbonyl (C=O) groups excluding carboxylic acids is 1. The lowest BCUT2D eigenvalue weighted by molar-refractivity contribution is 0.101. The minimum Gasteiger partial charge on any atom is -0.494 e. The second kappa shape index (κ2) is 10.6. The molecule has 4 aromatic carbocycles. The van der Waals surface area contributed by atoms with Gasteiger partial charge in [0, 0.05) is 11.3 Å². The van der Waals surface area contributed by atoms with Gasteiger partial charge in [0.15, 0.2) is 5.82 Å². The maximum absolute atomic E-state index is 13.1. The van der Waals surface area contributed by atoms with Crippen molar-refractivity contribution in [2.45, 2.75) is 6.92 Å². The fourth-order valence-corrected chi connectivity index (χ4v) is 3.63. The van der Waals surface area contributed by atoms with Crippen molar-refractivity contribution in [1.29, 1.82) is 0 Å². The number of rotatable bonds is 8. The molecule has 1 N–H and O–H groups in total. The molecule has 0 atom stereocenters. The van der Waals surface area contributed by atoms with E-state index in [1.807, 2.05) is 91.9 Å². The van der Waals surface area contributed by atoms with Crippen molar-refractivity contribution in [1.82, 2.24) is 14.8 Å². The fourth-order valence-electron chi connectivity index (χ4n) is 3.63. The molecule has 0 aliphatic rings. The number of nitrogens with zero attached hydrogens (tertiary/aromatic N) is 3. The zero-order valence-corrected chi connectivity index (χ0v) is 19.7. The molecule has 1 amide bonds. The third kappa shape index (κ3) is 5.26. The number of carbonyl (C=O) groups is 1. The molecular weight excluding hydrogens is 452 g/mol. The number of hydrogen-bond acceptors (Lipinski definition) is 5. The quantitative estimate of drug-likeness (QED) is 0.281. The Morgan fingerprint density at radius 2 is 1.39 bits per heavy atom. The van der Waals surface area contributed by atoms with E-state index in [0.29, 0.717) is 23.9 Å². The molecular formula is C29H24N4O3. The number of ether oxygens (including phenoxy) is 2. The summed E-state index contributed by atoms with van der Waals surface area (Å²) in [6.07, 6.45) is 0. The van der Waals surface area contributed by atoms with Crippen molar-refractivity contribution in [3.05, 3.63) is 115 Å². The number of amides is 1. The third-order valence-corrected chi connectivity index (χ3v) is 5.33. The van der Waals surface area contributed by atoms with Gasteiger partial charge in [-0.15, -0.1) is 5.10 Å². The van der Waals surface area contributed by atoms with Gasteiger partial charge in [-0.3, -0.25) is 4.79 Å². The molecule has 0 saturated carbocycles. The molecule has 0 unspecified atom stereocenters. The summed E-state index contributed by atoms with van der Waals surface area (Å²) in [5.74, 6) is 2.40. The van der Waals surface area contributed by atoms with Gasteiger partial charge in [-0.2, -0.15) is 0 Å². The summed E-state index contributed by atoms with van der Waals surface area (Å²) < 4.78 is 13.0. The van der Waals surface area contributed by atoms with Crippen LogP contribution in [0.2, 0.25) is 0 Å². The highest BCUT2D eigenvalue weighted by Crippen LogP contribution is 2.25. The summed E-state index contributed by atoms with van der Waals surface area (Å²) in [5, 5.41) is 7.40. The van der Waals surface area contributed by atoms with Gasteiger partial charge in [0.25, 0.3) is 5.91 Å². The van der Waals surface area contributed by atoms with Crippen molar-refractivity contribution in [2.24, 2.45) is 0 Å². The van der Waals surface area contributed by atoms with Crippen LogP contribution in [0.5, 0.6) is 17.2 Å². The molecule has 7 heteroatoms. The number of para-hydroxylation sites is 1. The highest BCUT2D eigenvalue weighted by atomic mass is 16.5. The Hall–Kier alpha value is -4.91. The van der Waals surface area contributed by atoms with Gasteiger partial charge in [-0.25, -0.2) is 9.67 Å². The van der Waals surface area contributed by atoms with Gasteiger partial charge in [-0.1, -0.05) is 48.5 Å². The first kappa shape index (κ1) is 22.9. The second-order valence-corrected chi connectivity index (χ2v) is 7.86. The molecule has 178 valence electrons. The average Bonchev–Trinajstić information content (AvgIpc) is 3.37. The molecule has 0 bridgehead atoms. The van der Waals surface area contributed by atoms with Crippen LogP contribution in [0, 0.1) is 0 Å². The predicted octanol–water partition coefficient (Wildman–Crippen LogP) is 6.38. The van der Waals surface area contributed by atoms with Crippen LogP contribution in [0.4, 0.5) is 5.69 Å². The van der Waals surface area contributed by atoms with E-state index in [4.69, 9.17) is 9.47 Å². The monoisotopic (exact) mass is 476 g/mol. The summed E-state index contributed by atoms with van der Waals surface area (Å²) in [6.45, 7) is 2.52. The summed E-state index contributed by atoms with van der Waals surface area (Å²) >= 11 is 0. The van der Waals surface area contributed by atoms with E-state index in [1.165, 1.54) is 0 Å². The first-order valence-corrected chi connectivity index (χ1v) is 11.6. The van der Waals surface area contributed by atoms with Crippen LogP contribution < -0.4 is 14.8 Å². The van der Waals surface area contributed by atoms with Crippen molar-refractivity contribution < 1.29 is 14.3 Å². The molecule has 0 aliphatic carbocycles. The molecule has 0 aliphatic heterocycles. The largest absolute Gasteiger partial charge is 0.494 e. The lowest BCUT2D eigenvalue weighted by atomic mass is 10.2. The number of nitrogens with one attached hydrogen (secondary N) is 1. The van der Waals surface area contributed by atoms with Crippen molar-refractivity contribution in [2.75, 3.05) is 11.9 Å². The number of hydrogen-bond donors (Lipinski definition) is 1. The van der Waals surface area contributed by atoms with E-state index in [1.54, 1.807) is 28.9 Å². The molecule has 5 aromatic rings. The summed E-state index contributed by atoms with van der Waals surface area (Å²) in [7, 11) is 0. The third-order valence-electron chi connectivity index (χ3n) is 5.33. The topological polar surface area (TPSA) is 78.3 Å². The van der Waals surface area contributed by atoms with Crippen LogP contribution in [0.1, 0.15) is 17.5 Å². The van der Waals surface area contributed by atoms with Gasteiger partial charge in [0.1, 0.15) is 17.2 Å². The van der Waals surface area contributed by atoms with Crippen LogP contribution in [-0.2, 0) is 0 Å². The van der Waals surface area contributed by atoms with Crippen molar-refractivity contribution in [3.63, 3.8) is 0 Å². The van der Waals surface area contributed by atoms with Crippen molar-refractivity contribution >= 4 is 11.6 Å². The molecule has 0 radical (unpaired) electrons. The first-order chi connectivity index (χ1) is 17.7. The minimum atomic E-state index is -0.409. The lowest BCUT2D eigenvalue weighted by Crippen LogP contribution is -2.14. The van der Waals surface area contributed by atoms with E-state index in [0.717, 1.165) is 22.7 Å². The minimum absolute atomic E-state index is 0.0624. The van der Waals surface area contributed by atoms with Crippen LogP contribution in [-0.4, -0.2) is 27.3 Å². The zero-order valence-electron chi connectivity index (χ0n) is 19.7.